The van der Waals surface area contributed by atoms with Crippen LogP contribution in [0, 0.1) is 4.91 Å². The Kier molecular flexibility index (Phi) is 39.5. The van der Waals surface area contributed by atoms with Gasteiger partial charge in [0.15, 0.2) is 6.54 Å². The maximum atomic E-state index is 12.9. The predicted molar refractivity (Wildman–Crippen MR) is 253 cm³/mol. The number of rotatable bonds is 45. The highest BCUT2D eigenvalue weighted by Gasteiger charge is 2.34. The van der Waals surface area contributed by atoms with Crippen molar-refractivity contribution in [2.24, 2.45) is 0 Å². The molecule has 0 radical (unpaired) electrons. The van der Waals surface area contributed by atoms with Gasteiger partial charge in [-0.15, -0.1) is 0 Å². The molecule has 350 valence electrons. The zero-order valence-corrected chi connectivity index (χ0v) is 40.9. The molecule has 0 bridgehead atoms. The molecule has 0 fully saturated rings. The van der Waals surface area contributed by atoms with Crippen LogP contribution in [0.5, 0.6) is 0 Å². The van der Waals surface area contributed by atoms with Crippen molar-refractivity contribution in [1.29, 1.82) is 0 Å². The number of ether oxygens (including phenoxy) is 2. The Morgan fingerprint density at radius 3 is 1.22 bits per heavy atom. The molecule has 0 aliphatic rings. The van der Waals surface area contributed by atoms with Crippen LogP contribution in [0.1, 0.15) is 286 Å². The molecule has 1 N–H and O–H groups in total. The van der Waals surface area contributed by atoms with Gasteiger partial charge in [-0.05, 0) is 46.5 Å². The summed E-state index contributed by atoms with van der Waals surface area (Å²) in [7, 11) is 0. The molecule has 0 saturated carbocycles. The van der Waals surface area contributed by atoms with Crippen molar-refractivity contribution in [2.45, 2.75) is 303 Å². The molecule has 0 aromatic heterocycles. The molecule has 1 atom stereocenters. The van der Waals surface area contributed by atoms with E-state index in [1.54, 1.807) is 0 Å². The quantitative estimate of drug-likeness (QED) is 0.0375. The third-order valence-electron chi connectivity index (χ3n) is 12.1. The van der Waals surface area contributed by atoms with Crippen LogP contribution in [0.3, 0.4) is 0 Å². The maximum Gasteiger partial charge on any atom is 0.306 e. The van der Waals surface area contributed by atoms with Crippen LogP contribution in [-0.2, 0) is 19.1 Å². The van der Waals surface area contributed by atoms with Crippen molar-refractivity contribution < 1.29 is 23.8 Å². The first kappa shape index (κ1) is 57.5. The van der Waals surface area contributed by atoms with Crippen LogP contribution in [0.15, 0.2) is 0 Å². The van der Waals surface area contributed by atoms with E-state index >= 15 is 0 Å². The van der Waals surface area contributed by atoms with Gasteiger partial charge in [0.2, 0.25) is 11.4 Å². The van der Waals surface area contributed by atoms with Gasteiger partial charge in [-0.3, -0.25) is 9.59 Å². The van der Waals surface area contributed by atoms with Gasteiger partial charge in [0.1, 0.15) is 6.10 Å². The third kappa shape index (κ3) is 41.6. The lowest BCUT2D eigenvalue weighted by atomic mass is 10.0. The minimum Gasteiger partial charge on any atom is -0.462 e. The molecule has 7 nitrogen and oxygen atoms in total. The van der Waals surface area contributed by atoms with Crippen molar-refractivity contribution in [3.05, 3.63) is 4.91 Å². The van der Waals surface area contributed by atoms with E-state index in [0.29, 0.717) is 32.5 Å². The molecule has 0 saturated heterocycles. The SMILES string of the molecule is CCCCCCCCCCCCCCCCCCC(CCCCCCCCCCCCCCCCC)OC(=O)CCC(=O)NCCC[N+](=O)C(C)(C)CCOC(C)(C)C. The lowest BCUT2D eigenvalue weighted by molar-refractivity contribution is -0.621. The summed E-state index contributed by atoms with van der Waals surface area (Å²) in [5.41, 5.74) is -0.757. The van der Waals surface area contributed by atoms with Crippen LogP contribution < -0.4 is 5.32 Å². The van der Waals surface area contributed by atoms with E-state index in [1.165, 1.54) is 186 Å². The number of hydrogen-bond donors (Lipinski definition) is 1. The number of nitrogens with zero attached hydrogens (tertiary/aromatic N) is 1. The minimum absolute atomic E-state index is 0.0423. The third-order valence-corrected chi connectivity index (χ3v) is 12.1. The summed E-state index contributed by atoms with van der Waals surface area (Å²) in [6, 6.07) is 0. The molecule has 59 heavy (non-hydrogen) atoms. The maximum absolute atomic E-state index is 12.9. The molecular weight excluding hydrogens is 733 g/mol. The molecule has 0 rings (SSSR count). The molecule has 0 spiro atoms. The summed E-state index contributed by atoms with van der Waals surface area (Å²) < 4.78 is 12.9. The zero-order valence-electron chi connectivity index (χ0n) is 40.9. The fraction of sp³-hybridized carbons (Fsp3) is 0.962. The second-order valence-electron chi connectivity index (χ2n) is 19.8. The average molecular weight is 836 g/mol. The number of esters is 1. The monoisotopic (exact) mass is 836 g/mol. The number of hydrogen-bond acceptors (Lipinski definition) is 5. The fourth-order valence-electron chi connectivity index (χ4n) is 7.96. The van der Waals surface area contributed by atoms with Gasteiger partial charge in [-0.2, -0.15) is 0 Å². The fourth-order valence-corrected chi connectivity index (χ4v) is 7.96. The van der Waals surface area contributed by atoms with E-state index in [0.717, 1.165) is 30.4 Å². The molecule has 1 unspecified atom stereocenters. The molecular formula is C52H103N2O5+. The average Bonchev–Trinajstić information content (AvgIpc) is 3.19. The van der Waals surface area contributed by atoms with Crippen LogP contribution >= 0.6 is 0 Å². The molecule has 0 aromatic rings. The van der Waals surface area contributed by atoms with Crippen molar-refractivity contribution >= 4 is 11.9 Å². The number of nitrogens with one attached hydrogen (secondary N) is 1. The summed E-state index contributed by atoms with van der Waals surface area (Å²) in [6.45, 7) is 15.8. The van der Waals surface area contributed by atoms with Gasteiger partial charge in [0.05, 0.1) is 18.6 Å². The Morgan fingerprint density at radius 2 is 0.864 bits per heavy atom. The lowest BCUT2D eigenvalue weighted by Gasteiger charge is -2.22. The smallest absolute Gasteiger partial charge is 0.306 e. The van der Waals surface area contributed by atoms with Gasteiger partial charge in [0, 0.05) is 49.3 Å². The number of carbonyl (C=O) groups excluding carboxylic acids is 2. The topological polar surface area (TPSA) is 84.7 Å². The zero-order chi connectivity index (χ0) is 43.7. The highest BCUT2D eigenvalue weighted by Crippen LogP contribution is 2.20. The first-order chi connectivity index (χ1) is 28.4. The van der Waals surface area contributed by atoms with Gasteiger partial charge in [-0.25, -0.2) is 0 Å². The second-order valence-corrected chi connectivity index (χ2v) is 19.8. The number of unbranched alkanes of at least 4 members (excludes halogenated alkanes) is 29. The summed E-state index contributed by atoms with van der Waals surface area (Å²) >= 11 is 0. The molecule has 1 amide bonds. The van der Waals surface area contributed by atoms with E-state index < -0.39 is 5.54 Å². The number of carbonyl (C=O) groups is 2. The lowest BCUT2D eigenvalue weighted by Crippen LogP contribution is -2.38. The predicted octanol–water partition coefficient (Wildman–Crippen LogP) is 15.9. The van der Waals surface area contributed by atoms with Gasteiger partial charge < -0.3 is 14.8 Å². The molecule has 0 aliphatic carbocycles. The Balaban J connectivity index is 4.39. The van der Waals surface area contributed by atoms with Crippen LogP contribution in [0.2, 0.25) is 0 Å². The normalized spacial score (nSPS) is 12.5. The standard InChI is InChI=1S/C52H102N2O5/c1-8-10-12-14-16-18-20-22-24-26-28-30-32-34-36-38-41-48(40-37-35-33-31-29-27-25-23-21-19-17-15-13-11-9-2)59-50(56)43-42-49(55)53-45-39-46-54(57)52(6,7)44-47-58-51(3,4)5/h48H,8-47H2,1-7H3/p+1. The molecule has 0 heterocycles. The summed E-state index contributed by atoms with van der Waals surface area (Å²) in [5.74, 6) is -0.415. The Morgan fingerprint density at radius 1 is 0.508 bits per heavy atom. The van der Waals surface area contributed by atoms with Gasteiger partial charge in [-0.1, -0.05) is 200 Å². The molecule has 0 aliphatic heterocycles. The van der Waals surface area contributed by atoms with Gasteiger partial charge in [0.25, 0.3) is 0 Å². The first-order valence-electron chi connectivity index (χ1n) is 26.0. The summed E-state index contributed by atoms with van der Waals surface area (Å²) in [6.07, 6.45) is 45.1. The Labute approximate surface area is 367 Å². The van der Waals surface area contributed by atoms with Crippen LogP contribution in [0.25, 0.3) is 0 Å². The summed E-state index contributed by atoms with van der Waals surface area (Å²) in [5, 5.41) is 2.89. The summed E-state index contributed by atoms with van der Waals surface area (Å²) in [4.78, 5) is 38.2. The van der Waals surface area contributed by atoms with Crippen molar-refractivity contribution in [2.75, 3.05) is 19.7 Å². The highest BCUT2D eigenvalue weighted by atomic mass is 16.5. The van der Waals surface area contributed by atoms with Crippen molar-refractivity contribution in [1.82, 2.24) is 5.32 Å². The minimum atomic E-state index is -0.534. The van der Waals surface area contributed by atoms with E-state index in [9.17, 15) is 14.5 Å². The number of amides is 1. The highest BCUT2D eigenvalue weighted by molar-refractivity contribution is 5.81. The molecule has 7 heteroatoms. The Bertz CT molecular complexity index is 961. The Hall–Kier alpha value is -1.50. The van der Waals surface area contributed by atoms with E-state index in [-0.39, 0.29) is 36.4 Å². The van der Waals surface area contributed by atoms with E-state index in [4.69, 9.17) is 9.47 Å². The largest absolute Gasteiger partial charge is 0.462 e. The molecule has 0 aromatic carbocycles. The van der Waals surface area contributed by atoms with Crippen LogP contribution in [-0.4, -0.2) is 53.6 Å². The van der Waals surface area contributed by atoms with Crippen LogP contribution in [0.4, 0.5) is 0 Å². The second kappa shape index (κ2) is 40.6. The van der Waals surface area contributed by atoms with Crippen molar-refractivity contribution in [3.63, 3.8) is 0 Å². The first-order valence-corrected chi connectivity index (χ1v) is 26.0. The number of nitroso groups, excluding NO2 is 1. The van der Waals surface area contributed by atoms with Gasteiger partial charge >= 0.3 is 5.97 Å². The van der Waals surface area contributed by atoms with E-state index in [2.05, 4.69) is 19.2 Å². The van der Waals surface area contributed by atoms with E-state index in [1.807, 2.05) is 34.6 Å². The van der Waals surface area contributed by atoms with Crippen molar-refractivity contribution in [3.8, 4) is 0 Å².